The van der Waals surface area contributed by atoms with Crippen molar-refractivity contribution in [1.29, 1.82) is 0 Å². The normalized spacial score (nSPS) is 14.4. The summed E-state index contributed by atoms with van der Waals surface area (Å²) in [5.74, 6) is 0.499. The van der Waals surface area contributed by atoms with Gasteiger partial charge < -0.3 is 15.2 Å². The third-order valence-electron chi connectivity index (χ3n) is 4.97. The number of hydrogen-bond acceptors (Lipinski definition) is 3. The van der Waals surface area contributed by atoms with Gasteiger partial charge in [0.05, 0.1) is 18.5 Å². The van der Waals surface area contributed by atoms with Crippen LogP contribution in [0.2, 0.25) is 0 Å². The van der Waals surface area contributed by atoms with Crippen LogP contribution in [-0.2, 0) is 0 Å². The number of nitrogens with one attached hydrogen (secondary N) is 3. The van der Waals surface area contributed by atoms with E-state index in [0.29, 0.717) is 12.1 Å². The van der Waals surface area contributed by atoms with Crippen LogP contribution in [0, 0.1) is 0 Å². The van der Waals surface area contributed by atoms with Gasteiger partial charge in [0.2, 0.25) is 5.78 Å². The highest BCUT2D eigenvalue weighted by atomic mass is 16.5. The molecule has 0 aromatic heterocycles. The number of ether oxygens (including phenoxy) is 1. The van der Waals surface area contributed by atoms with Crippen LogP contribution in [-0.4, -0.2) is 41.4 Å². The topological polar surface area (TPSA) is 99.3 Å². The van der Waals surface area contributed by atoms with Crippen molar-refractivity contribution >= 4 is 23.6 Å². The maximum Gasteiger partial charge on any atom is 0.341 e. The van der Waals surface area contributed by atoms with Crippen LogP contribution in [0.3, 0.4) is 0 Å². The molecule has 29 heavy (non-hydrogen) atoms. The second-order valence-corrected chi connectivity index (χ2v) is 6.86. The van der Waals surface area contributed by atoms with Crippen molar-refractivity contribution in [3.63, 3.8) is 0 Å². The summed E-state index contributed by atoms with van der Waals surface area (Å²) in [4.78, 5) is 29.1. The van der Waals surface area contributed by atoms with Gasteiger partial charge in [-0.25, -0.2) is 4.79 Å². The number of methoxy groups -OCH3 is 1. The molecule has 0 unspecified atom stereocenters. The molecule has 7 heteroatoms. The first-order valence-corrected chi connectivity index (χ1v) is 9.59. The van der Waals surface area contributed by atoms with Gasteiger partial charge in [-0.2, -0.15) is 4.99 Å². The molecule has 0 fully saturated rings. The molecule has 0 atom stereocenters. The number of ketones is 1. The molecule has 1 heterocycles. The van der Waals surface area contributed by atoms with Crippen LogP contribution < -0.4 is 10.1 Å². The third-order valence-corrected chi connectivity index (χ3v) is 4.97. The number of fused-ring (bicyclic) bond motifs is 3. The van der Waals surface area contributed by atoms with Gasteiger partial charge >= 0.3 is 6.03 Å². The lowest BCUT2D eigenvalue weighted by molar-refractivity contribution is 0.106. The molecule has 0 saturated heterocycles. The number of hydrogen-bond donors (Lipinski definition) is 3. The Balaban J connectivity index is 1.69. The Labute approximate surface area is 168 Å². The lowest BCUT2D eigenvalue weighted by Crippen LogP contribution is -2.25. The minimum Gasteiger partial charge on any atom is -0.497 e. The number of aliphatic imine (C=N–C) groups is 1. The van der Waals surface area contributed by atoms with Crippen molar-refractivity contribution in [3.05, 3.63) is 47.5 Å². The van der Waals surface area contributed by atoms with Crippen LogP contribution in [0.15, 0.2) is 41.4 Å². The molecule has 7 nitrogen and oxygen atoms in total. The molecule has 4 rings (SSSR count). The van der Waals surface area contributed by atoms with Gasteiger partial charge in [0.25, 0.3) is 0 Å². The molecule has 0 spiro atoms. The molecule has 0 bridgehead atoms. The van der Waals surface area contributed by atoms with Crippen molar-refractivity contribution in [2.75, 3.05) is 13.7 Å². The number of aromatic nitrogens is 2. The number of carbonyl (C=O) groups excluding carboxylic acids is 2. The molecule has 1 aliphatic heterocycles. The second-order valence-electron chi connectivity index (χ2n) is 6.86. The van der Waals surface area contributed by atoms with Crippen LogP contribution in [0.4, 0.5) is 4.79 Å². The van der Waals surface area contributed by atoms with Crippen molar-refractivity contribution in [3.8, 4) is 28.3 Å². The van der Waals surface area contributed by atoms with E-state index in [1.807, 2.05) is 43.3 Å². The summed E-state index contributed by atoms with van der Waals surface area (Å²) < 4.78 is 5.22. The average molecular weight is 390 g/mol. The number of Topliss-reactive ketones (excluding diaryl/α,β-unsaturated/α-hetero) is 1. The van der Waals surface area contributed by atoms with E-state index in [9.17, 15) is 9.59 Å². The molecule has 2 aliphatic carbocycles. The van der Waals surface area contributed by atoms with Crippen molar-refractivity contribution in [2.24, 2.45) is 4.99 Å². The Bertz CT molecular complexity index is 1090. The van der Waals surface area contributed by atoms with E-state index in [2.05, 4.69) is 20.5 Å². The standard InChI is InChI=1S/C22H22N4O3/c1-3-4-11-23-22(28)24-16-10-7-14-12-17-19(18(14)21(16)27)20(26-25-17)13-5-8-15(29-2)9-6-13/h5-10,12,25-26H,3-4,11H2,1-2H3,(H,23,28). The van der Waals surface area contributed by atoms with Gasteiger partial charge in [-0.15, -0.1) is 0 Å². The molecule has 148 valence electrons. The zero-order chi connectivity index (χ0) is 20.4. The Morgan fingerprint density at radius 3 is 2.66 bits per heavy atom. The zero-order valence-electron chi connectivity index (χ0n) is 16.3. The fourth-order valence-electron chi connectivity index (χ4n) is 3.46. The van der Waals surface area contributed by atoms with E-state index >= 15 is 0 Å². The number of allylic oxidation sites excluding steroid dienone is 1. The van der Waals surface area contributed by atoms with Gasteiger partial charge in [-0.3, -0.25) is 9.89 Å². The predicted molar refractivity (Wildman–Crippen MR) is 113 cm³/mol. The Hall–Kier alpha value is -3.61. The fourth-order valence-corrected chi connectivity index (χ4v) is 3.46. The average Bonchev–Trinajstić information content (AvgIpc) is 3.30. The first kappa shape index (κ1) is 18.7. The molecular formula is C22H22N4O3. The molecular weight excluding hydrogens is 368 g/mol. The number of unbranched alkanes of at least 4 members (excludes halogenated alkanes) is 1. The maximum absolute atomic E-state index is 13.1. The monoisotopic (exact) mass is 390 g/mol. The highest BCUT2D eigenvalue weighted by Gasteiger charge is 2.30. The number of amides is 2. The van der Waals surface area contributed by atoms with Gasteiger partial charge in [-0.1, -0.05) is 19.4 Å². The summed E-state index contributed by atoms with van der Waals surface area (Å²) >= 11 is 0. The smallest absolute Gasteiger partial charge is 0.341 e. The van der Waals surface area contributed by atoms with Crippen LogP contribution in [0.5, 0.6) is 5.75 Å². The highest BCUT2D eigenvalue weighted by molar-refractivity contribution is 6.54. The summed E-state index contributed by atoms with van der Waals surface area (Å²) in [6.07, 6.45) is 5.27. The summed E-state index contributed by atoms with van der Waals surface area (Å²) in [5, 5.41) is 8.98. The molecule has 0 radical (unpaired) electrons. The van der Waals surface area contributed by atoms with E-state index in [0.717, 1.165) is 46.7 Å². The Morgan fingerprint density at radius 2 is 1.93 bits per heavy atom. The van der Waals surface area contributed by atoms with E-state index in [4.69, 9.17) is 4.74 Å². The lowest BCUT2D eigenvalue weighted by atomic mass is 9.94. The van der Waals surface area contributed by atoms with Gasteiger partial charge in [0.15, 0.2) is 0 Å². The Morgan fingerprint density at radius 1 is 1.14 bits per heavy atom. The number of aromatic amines is 2. The number of urea groups is 1. The van der Waals surface area contributed by atoms with E-state index in [1.165, 1.54) is 0 Å². The van der Waals surface area contributed by atoms with Crippen molar-refractivity contribution in [2.45, 2.75) is 19.8 Å². The number of benzene rings is 1. The fraction of sp³-hybridized carbons (Fsp3) is 0.227. The quantitative estimate of drug-likeness (QED) is 0.567. The van der Waals surface area contributed by atoms with Crippen LogP contribution >= 0.6 is 0 Å². The molecule has 0 saturated carbocycles. The van der Waals surface area contributed by atoms with Crippen molar-refractivity contribution < 1.29 is 14.3 Å². The maximum atomic E-state index is 13.1. The summed E-state index contributed by atoms with van der Waals surface area (Å²) in [6, 6.07) is 9.02. The Kier molecular flexibility index (Phi) is 5.03. The first-order chi connectivity index (χ1) is 14.1. The molecule has 2 amide bonds. The van der Waals surface area contributed by atoms with E-state index in [1.54, 1.807) is 13.2 Å². The molecule has 3 aliphatic rings. The van der Waals surface area contributed by atoms with Crippen LogP contribution in [0.1, 0.15) is 35.7 Å². The number of H-pyrrole nitrogens is 2. The zero-order valence-corrected chi connectivity index (χ0v) is 16.3. The molecule has 3 N–H and O–H groups in total. The van der Waals surface area contributed by atoms with E-state index in [-0.39, 0.29) is 11.5 Å². The highest BCUT2D eigenvalue weighted by Crippen LogP contribution is 2.40. The van der Waals surface area contributed by atoms with Gasteiger partial charge in [0.1, 0.15) is 11.5 Å². The number of nitrogens with zero attached hydrogens (tertiary/aromatic N) is 1. The minimum atomic E-state index is -0.492. The van der Waals surface area contributed by atoms with Gasteiger partial charge in [0, 0.05) is 23.2 Å². The summed E-state index contributed by atoms with van der Waals surface area (Å²) in [7, 11) is 1.62. The second kappa shape index (κ2) is 7.79. The lowest BCUT2D eigenvalue weighted by Gasteiger charge is -2.10. The first-order valence-electron chi connectivity index (χ1n) is 9.59. The SMILES string of the molecule is CCCCNC(=O)N=C1C=Cc2cc3[nH][nH]c(-c4ccc(OC)cc4)c-3c2C1=O. The van der Waals surface area contributed by atoms with Crippen molar-refractivity contribution in [1.82, 2.24) is 15.5 Å². The number of carbonyl (C=O) groups is 2. The van der Waals surface area contributed by atoms with Crippen LogP contribution in [0.25, 0.3) is 28.6 Å². The predicted octanol–water partition coefficient (Wildman–Crippen LogP) is 4.28. The third kappa shape index (κ3) is 3.47. The summed E-state index contributed by atoms with van der Waals surface area (Å²) in [5.41, 5.74) is 4.84. The number of rotatable bonds is 5. The molecule has 1 aromatic rings. The summed E-state index contributed by atoms with van der Waals surface area (Å²) in [6.45, 7) is 2.59. The van der Waals surface area contributed by atoms with Gasteiger partial charge in [-0.05, 0) is 48.4 Å². The molecule has 1 aromatic carbocycles. The minimum absolute atomic E-state index is 0.140. The largest absolute Gasteiger partial charge is 0.497 e. The van der Waals surface area contributed by atoms with E-state index < -0.39 is 6.03 Å².